The van der Waals surface area contributed by atoms with E-state index in [4.69, 9.17) is 14.2 Å². The number of ether oxygens (including phenoxy) is 3. The van der Waals surface area contributed by atoms with Gasteiger partial charge in [0.25, 0.3) is 5.91 Å². The van der Waals surface area contributed by atoms with Crippen LogP contribution >= 0.6 is 0 Å². The molecule has 0 heterocycles. The minimum atomic E-state index is -0.342. The molecule has 0 aliphatic heterocycles. The smallest absolute Gasteiger partial charge is 0.277 e. The second-order valence-electron chi connectivity index (χ2n) is 6.24. The quantitative estimate of drug-likeness (QED) is 0.339. The summed E-state index contributed by atoms with van der Waals surface area (Å²) in [5.41, 5.74) is 3.31. The average molecular weight is 384 g/mol. The molecule has 0 spiro atoms. The van der Waals surface area contributed by atoms with E-state index in [0.717, 1.165) is 24.3 Å². The zero-order valence-corrected chi connectivity index (χ0v) is 16.5. The van der Waals surface area contributed by atoms with Crippen molar-refractivity contribution in [2.24, 2.45) is 5.10 Å². The predicted molar refractivity (Wildman–Crippen MR) is 110 cm³/mol. The summed E-state index contributed by atoms with van der Waals surface area (Å²) in [7, 11) is 1.58. The van der Waals surface area contributed by atoms with Crippen LogP contribution in [-0.2, 0) is 4.79 Å². The normalized spacial score (nSPS) is 10.6. The van der Waals surface area contributed by atoms with Crippen molar-refractivity contribution in [3.63, 3.8) is 0 Å². The van der Waals surface area contributed by atoms with Gasteiger partial charge in [-0.25, -0.2) is 5.43 Å². The third kappa shape index (κ3) is 8.12. The van der Waals surface area contributed by atoms with Gasteiger partial charge in [0.1, 0.15) is 17.2 Å². The Bertz CT molecular complexity index is 744. The van der Waals surface area contributed by atoms with E-state index in [0.29, 0.717) is 11.5 Å². The van der Waals surface area contributed by atoms with Gasteiger partial charge in [-0.3, -0.25) is 4.79 Å². The second kappa shape index (κ2) is 12.4. The lowest BCUT2D eigenvalue weighted by atomic mass is 10.2. The molecular formula is C22H28N2O4. The molecule has 2 aromatic rings. The van der Waals surface area contributed by atoms with Crippen molar-refractivity contribution in [1.82, 2.24) is 5.43 Å². The van der Waals surface area contributed by atoms with E-state index in [1.807, 2.05) is 24.3 Å². The van der Waals surface area contributed by atoms with Gasteiger partial charge < -0.3 is 14.2 Å². The van der Waals surface area contributed by atoms with Gasteiger partial charge in [0.05, 0.1) is 19.9 Å². The Labute approximate surface area is 166 Å². The highest BCUT2D eigenvalue weighted by Gasteiger charge is 2.02. The summed E-state index contributed by atoms with van der Waals surface area (Å²) in [5.74, 6) is 1.73. The van der Waals surface area contributed by atoms with E-state index in [9.17, 15) is 4.79 Å². The SMILES string of the molecule is CCCCCCOc1ccc(/C=N/NC(=O)COc2cccc(OC)c2)cc1. The van der Waals surface area contributed by atoms with Crippen molar-refractivity contribution >= 4 is 12.1 Å². The van der Waals surface area contributed by atoms with Crippen LogP contribution in [0, 0.1) is 0 Å². The Kier molecular flexibility index (Phi) is 9.41. The zero-order chi connectivity index (χ0) is 20.0. The summed E-state index contributed by atoms with van der Waals surface area (Å²) < 4.78 is 16.2. The van der Waals surface area contributed by atoms with Crippen LogP contribution in [0.15, 0.2) is 53.6 Å². The Balaban J connectivity index is 1.69. The fourth-order valence-corrected chi connectivity index (χ4v) is 2.42. The number of nitrogens with zero attached hydrogens (tertiary/aromatic N) is 1. The number of hydrogen-bond donors (Lipinski definition) is 1. The summed E-state index contributed by atoms with van der Waals surface area (Å²) in [5, 5.41) is 3.94. The van der Waals surface area contributed by atoms with Gasteiger partial charge >= 0.3 is 0 Å². The van der Waals surface area contributed by atoms with Crippen LogP contribution in [0.2, 0.25) is 0 Å². The third-order valence-electron chi connectivity index (χ3n) is 3.96. The maximum atomic E-state index is 11.8. The van der Waals surface area contributed by atoms with Crippen molar-refractivity contribution in [2.45, 2.75) is 32.6 Å². The minimum Gasteiger partial charge on any atom is -0.497 e. The number of hydrazone groups is 1. The van der Waals surface area contributed by atoms with E-state index < -0.39 is 0 Å². The number of hydrogen-bond acceptors (Lipinski definition) is 5. The van der Waals surface area contributed by atoms with Crippen molar-refractivity contribution in [3.8, 4) is 17.2 Å². The number of unbranched alkanes of at least 4 members (excludes halogenated alkanes) is 3. The molecule has 6 heteroatoms. The first-order valence-electron chi connectivity index (χ1n) is 9.53. The van der Waals surface area contributed by atoms with Crippen molar-refractivity contribution in [3.05, 3.63) is 54.1 Å². The molecule has 150 valence electrons. The van der Waals surface area contributed by atoms with Crippen LogP contribution in [0.4, 0.5) is 0 Å². The summed E-state index contributed by atoms with van der Waals surface area (Å²) in [6, 6.07) is 14.6. The molecule has 0 radical (unpaired) electrons. The largest absolute Gasteiger partial charge is 0.497 e. The lowest BCUT2D eigenvalue weighted by Gasteiger charge is -2.07. The summed E-state index contributed by atoms with van der Waals surface area (Å²) in [4.78, 5) is 11.8. The zero-order valence-electron chi connectivity index (χ0n) is 16.5. The number of nitrogens with one attached hydrogen (secondary N) is 1. The first-order chi connectivity index (χ1) is 13.7. The van der Waals surface area contributed by atoms with Gasteiger partial charge in [-0.15, -0.1) is 0 Å². The highest BCUT2D eigenvalue weighted by atomic mass is 16.5. The standard InChI is InChI=1S/C22H28N2O4/c1-3-4-5-6-14-27-19-12-10-18(11-13-19)16-23-24-22(25)17-28-21-9-7-8-20(15-21)26-2/h7-13,15-16H,3-6,14,17H2,1-2H3,(H,24,25)/b23-16+. The summed E-state index contributed by atoms with van der Waals surface area (Å²) in [6.45, 7) is 2.80. The Morgan fingerprint density at radius 2 is 1.79 bits per heavy atom. The molecule has 0 saturated heterocycles. The molecule has 0 saturated carbocycles. The molecular weight excluding hydrogens is 356 g/mol. The number of amides is 1. The fraction of sp³-hybridized carbons (Fsp3) is 0.364. The fourth-order valence-electron chi connectivity index (χ4n) is 2.42. The molecule has 0 aromatic heterocycles. The predicted octanol–water partition coefficient (Wildman–Crippen LogP) is 4.18. The number of rotatable bonds is 12. The molecule has 0 atom stereocenters. The number of carbonyl (C=O) groups is 1. The lowest BCUT2D eigenvalue weighted by Crippen LogP contribution is -2.24. The molecule has 0 fully saturated rings. The van der Waals surface area contributed by atoms with Crippen LogP contribution in [0.25, 0.3) is 0 Å². The van der Waals surface area contributed by atoms with Gasteiger partial charge in [-0.1, -0.05) is 32.3 Å². The first-order valence-corrected chi connectivity index (χ1v) is 9.53. The summed E-state index contributed by atoms with van der Waals surface area (Å²) in [6.07, 6.45) is 6.31. The Hall–Kier alpha value is -3.02. The van der Waals surface area contributed by atoms with E-state index in [2.05, 4.69) is 17.5 Å². The van der Waals surface area contributed by atoms with Crippen LogP contribution < -0.4 is 19.6 Å². The third-order valence-corrected chi connectivity index (χ3v) is 3.96. The molecule has 0 aliphatic carbocycles. The maximum Gasteiger partial charge on any atom is 0.277 e. The van der Waals surface area contributed by atoms with Crippen LogP contribution in [0.1, 0.15) is 38.2 Å². The van der Waals surface area contributed by atoms with Crippen molar-refractivity contribution < 1.29 is 19.0 Å². The maximum absolute atomic E-state index is 11.8. The topological polar surface area (TPSA) is 69.2 Å². The minimum absolute atomic E-state index is 0.130. The molecule has 0 aliphatic rings. The highest BCUT2D eigenvalue weighted by molar-refractivity contribution is 5.83. The number of benzene rings is 2. The molecule has 1 amide bonds. The van der Waals surface area contributed by atoms with E-state index in [-0.39, 0.29) is 12.5 Å². The molecule has 6 nitrogen and oxygen atoms in total. The molecule has 0 bridgehead atoms. The van der Waals surface area contributed by atoms with E-state index in [1.54, 1.807) is 37.6 Å². The van der Waals surface area contributed by atoms with Gasteiger partial charge in [-0.05, 0) is 48.4 Å². The van der Waals surface area contributed by atoms with Gasteiger partial charge in [0.2, 0.25) is 0 Å². The van der Waals surface area contributed by atoms with E-state index >= 15 is 0 Å². The van der Waals surface area contributed by atoms with Crippen molar-refractivity contribution in [1.29, 1.82) is 0 Å². The Morgan fingerprint density at radius 3 is 2.54 bits per heavy atom. The summed E-state index contributed by atoms with van der Waals surface area (Å²) >= 11 is 0. The Morgan fingerprint density at radius 1 is 1.00 bits per heavy atom. The van der Waals surface area contributed by atoms with Gasteiger partial charge in [-0.2, -0.15) is 5.10 Å². The molecule has 2 aromatic carbocycles. The average Bonchev–Trinajstić information content (AvgIpc) is 2.73. The lowest BCUT2D eigenvalue weighted by molar-refractivity contribution is -0.123. The molecule has 1 N–H and O–H groups in total. The van der Waals surface area contributed by atoms with Crippen molar-refractivity contribution in [2.75, 3.05) is 20.3 Å². The monoisotopic (exact) mass is 384 g/mol. The second-order valence-corrected chi connectivity index (χ2v) is 6.24. The van der Waals surface area contributed by atoms with Crippen LogP contribution in [0.3, 0.4) is 0 Å². The molecule has 0 unspecified atom stereocenters. The van der Waals surface area contributed by atoms with Crippen LogP contribution in [-0.4, -0.2) is 32.4 Å². The molecule has 2 rings (SSSR count). The van der Waals surface area contributed by atoms with E-state index in [1.165, 1.54) is 19.3 Å². The number of methoxy groups -OCH3 is 1. The molecule has 28 heavy (non-hydrogen) atoms. The highest BCUT2D eigenvalue weighted by Crippen LogP contribution is 2.18. The number of carbonyl (C=O) groups excluding carboxylic acids is 1. The van der Waals surface area contributed by atoms with Gasteiger partial charge in [0.15, 0.2) is 6.61 Å². The van der Waals surface area contributed by atoms with Gasteiger partial charge in [0, 0.05) is 6.07 Å². The van der Waals surface area contributed by atoms with Crippen LogP contribution in [0.5, 0.6) is 17.2 Å². The first kappa shape index (κ1) is 21.3.